The highest BCUT2D eigenvalue weighted by molar-refractivity contribution is 5.94. The molecule has 0 bridgehead atoms. The van der Waals surface area contributed by atoms with Crippen LogP contribution in [0.15, 0.2) is 67.0 Å². The maximum Gasteiger partial charge on any atom is 0.251 e. The molecule has 1 heterocycles. The lowest BCUT2D eigenvalue weighted by molar-refractivity contribution is 0.0947. The van der Waals surface area contributed by atoms with E-state index in [0.717, 1.165) is 11.3 Å². The first-order chi connectivity index (χ1) is 12.1. The summed E-state index contributed by atoms with van der Waals surface area (Å²) in [6.45, 7) is 2.68. The van der Waals surface area contributed by atoms with Crippen molar-refractivity contribution < 1.29 is 13.9 Å². The molecule has 0 saturated heterocycles. The zero-order valence-electron chi connectivity index (χ0n) is 13.9. The van der Waals surface area contributed by atoms with Crippen LogP contribution in [0, 0.1) is 12.7 Å². The number of carbonyl (C=O) groups excluding carboxylic acids is 1. The number of hydrogen-bond donors (Lipinski definition) is 1. The van der Waals surface area contributed by atoms with Crippen molar-refractivity contribution in [2.75, 3.05) is 13.2 Å². The van der Waals surface area contributed by atoms with E-state index in [2.05, 4.69) is 5.32 Å². The average molecular weight is 338 g/mol. The van der Waals surface area contributed by atoms with Crippen molar-refractivity contribution in [3.05, 3.63) is 83.9 Å². The van der Waals surface area contributed by atoms with Crippen molar-refractivity contribution >= 4 is 5.91 Å². The largest absolute Gasteiger partial charge is 0.492 e. The van der Waals surface area contributed by atoms with Crippen LogP contribution in [0.5, 0.6) is 5.75 Å². The Morgan fingerprint density at radius 3 is 2.56 bits per heavy atom. The van der Waals surface area contributed by atoms with Crippen LogP contribution in [0.4, 0.5) is 4.39 Å². The van der Waals surface area contributed by atoms with Gasteiger partial charge >= 0.3 is 0 Å². The molecule has 0 radical (unpaired) electrons. The van der Waals surface area contributed by atoms with Gasteiger partial charge in [0, 0.05) is 23.6 Å². The minimum absolute atomic E-state index is 0.156. The van der Waals surface area contributed by atoms with E-state index >= 15 is 0 Å². The number of rotatable bonds is 6. The second kappa shape index (κ2) is 7.66. The standard InChI is InChI=1S/C20H19FN2O2/c1-15-4-5-16(14-19(15)23-11-2-3-12-23)20(24)22-10-13-25-18-8-6-17(21)7-9-18/h2-9,11-12,14H,10,13H2,1H3,(H,22,24). The molecule has 0 spiro atoms. The van der Waals surface area contributed by atoms with Crippen molar-refractivity contribution in [3.63, 3.8) is 0 Å². The van der Waals surface area contributed by atoms with Crippen LogP contribution >= 0.6 is 0 Å². The van der Waals surface area contributed by atoms with Crippen LogP contribution in [0.1, 0.15) is 15.9 Å². The maximum atomic E-state index is 12.8. The number of aromatic nitrogens is 1. The van der Waals surface area contributed by atoms with Gasteiger partial charge in [-0.3, -0.25) is 4.79 Å². The Hall–Kier alpha value is -3.08. The number of aryl methyl sites for hydroxylation is 1. The minimum atomic E-state index is -0.307. The van der Waals surface area contributed by atoms with Gasteiger partial charge in [0.05, 0.1) is 6.54 Å². The summed E-state index contributed by atoms with van der Waals surface area (Å²) in [4.78, 5) is 12.3. The average Bonchev–Trinajstić information content (AvgIpc) is 3.15. The van der Waals surface area contributed by atoms with Gasteiger partial charge in [-0.25, -0.2) is 4.39 Å². The smallest absolute Gasteiger partial charge is 0.251 e. The molecule has 4 nitrogen and oxygen atoms in total. The van der Waals surface area contributed by atoms with E-state index in [9.17, 15) is 9.18 Å². The molecule has 1 N–H and O–H groups in total. The van der Waals surface area contributed by atoms with E-state index in [-0.39, 0.29) is 11.7 Å². The summed E-state index contributed by atoms with van der Waals surface area (Å²) < 4.78 is 20.3. The lowest BCUT2D eigenvalue weighted by atomic mass is 10.1. The molecule has 0 unspecified atom stereocenters. The van der Waals surface area contributed by atoms with Crippen molar-refractivity contribution in [1.29, 1.82) is 0 Å². The highest BCUT2D eigenvalue weighted by atomic mass is 19.1. The Morgan fingerprint density at radius 2 is 1.84 bits per heavy atom. The van der Waals surface area contributed by atoms with Gasteiger partial charge in [-0.2, -0.15) is 0 Å². The molecule has 3 rings (SSSR count). The Balaban J connectivity index is 1.56. The molecule has 0 aliphatic carbocycles. The Bertz CT molecular complexity index is 843. The van der Waals surface area contributed by atoms with Crippen LogP contribution < -0.4 is 10.1 Å². The molecule has 3 aromatic rings. The molecule has 1 aromatic heterocycles. The molecular formula is C20H19FN2O2. The fourth-order valence-electron chi connectivity index (χ4n) is 2.49. The highest BCUT2D eigenvalue weighted by Gasteiger charge is 2.08. The van der Waals surface area contributed by atoms with Crippen molar-refractivity contribution in [2.24, 2.45) is 0 Å². The molecule has 0 fully saturated rings. The molecule has 1 amide bonds. The molecule has 25 heavy (non-hydrogen) atoms. The summed E-state index contributed by atoms with van der Waals surface area (Å²) in [6, 6.07) is 15.3. The van der Waals surface area contributed by atoms with Crippen LogP contribution in [0.2, 0.25) is 0 Å². The third-order valence-corrected chi connectivity index (χ3v) is 3.82. The van der Waals surface area contributed by atoms with Gasteiger partial charge in [-0.15, -0.1) is 0 Å². The number of nitrogens with one attached hydrogen (secondary N) is 1. The van der Waals surface area contributed by atoms with Crippen molar-refractivity contribution in [3.8, 4) is 11.4 Å². The minimum Gasteiger partial charge on any atom is -0.492 e. The number of benzene rings is 2. The molecule has 0 atom stereocenters. The molecule has 0 aliphatic heterocycles. The predicted molar refractivity (Wildman–Crippen MR) is 94.7 cm³/mol. The third-order valence-electron chi connectivity index (χ3n) is 3.82. The number of halogens is 1. The number of carbonyl (C=O) groups is 1. The Labute approximate surface area is 145 Å². The quantitative estimate of drug-likeness (QED) is 0.696. The molecule has 0 aliphatic rings. The van der Waals surface area contributed by atoms with Gasteiger partial charge < -0.3 is 14.6 Å². The fourth-order valence-corrected chi connectivity index (χ4v) is 2.49. The van der Waals surface area contributed by atoms with Crippen molar-refractivity contribution in [1.82, 2.24) is 9.88 Å². The topological polar surface area (TPSA) is 43.3 Å². The Kier molecular flexibility index (Phi) is 5.14. The van der Waals surface area contributed by atoms with Gasteiger partial charge in [0.2, 0.25) is 0 Å². The van der Waals surface area contributed by atoms with E-state index in [1.165, 1.54) is 12.1 Å². The van der Waals surface area contributed by atoms with Gasteiger partial charge in [0.1, 0.15) is 18.2 Å². The van der Waals surface area contributed by atoms with E-state index < -0.39 is 0 Å². The number of amides is 1. The van der Waals surface area contributed by atoms with E-state index in [1.807, 2.05) is 48.1 Å². The zero-order valence-corrected chi connectivity index (χ0v) is 13.9. The number of hydrogen-bond acceptors (Lipinski definition) is 2. The highest BCUT2D eigenvalue weighted by Crippen LogP contribution is 2.16. The predicted octanol–water partition coefficient (Wildman–Crippen LogP) is 3.73. The van der Waals surface area contributed by atoms with Crippen LogP contribution in [0.3, 0.4) is 0 Å². The zero-order chi connectivity index (χ0) is 17.6. The normalized spacial score (nSPS) is 10.5. The van der Waals surface area contributed by atoms with Gasteiger partial charge in [0.15, 0.2) is 0 Å². The summed E-state index contributed by atoms with van der Waals surface area (Å²) in [5, 5.41) is 2.83. The first kappa shape index (κ1) is 16.8. The van der Waals surface area contributed by atoms with Gasteiger partial charge in [-0.1, -0.05) is 6.07 Å². The van der Waals surface area contributed by atoms with Gasteiger partial charge in [0.25, 0.3) is 5.91 Å². The molecule has 128 valence electrons. The summed E-state index contributed by atoms with van der Waals surface area (Å²) in [5.74, 6) is 0.107. The van der Waals surface area contributed by atoms with Crippen LogP contribution in [-0.2, 0) is 0 Å². The molecular weight excluding hydrogens is 319 g/mol. The van der Waals surface area contributed by atoms with E-state index in [0.29, 0.717) is 24.5 Å². The first-order valence-electron chi connectivity index (χ1n) is 8.04. The van der Waals surface area contributed by atoms with E-state index in [1.54, 1.807) is 18.2 Å². The van der Waals surface area contributed by atoms with Gasteiger partial charge in [-0.05, 0) is 61.0 Å². The molecule has 0 saturated carbocycles. The lowest BCUT2D eigenvalue weighted by Crippen LogP contribution is -2.28. The second-order valence-corrected chi connectivity index (χ2v) is 5.65. The summed E-state index contributed by atoms with van der Waals surface area (Å²) in [6.07, 6.45) is 3.89. The first-order valence-corrected chi connectivity index (χ1v) is 8.04. The summed E-state index contributed by atoms with van der Waals surface area (Å²) in [7, 11) is 0. The Morgan fingerprint density at radius 1 is 1.12 bits per heavy atom. The van der Waals surface area contributed by atoms with E-state index in [4.69, 9.17) is 4.74 Å². The third kappa shape index (κ3) is 4.26. The SMILES string of the molecule is Cc1ccc(C(=O)NCCOc2ccc(F)cc2)cc1-n1cccc1. The monoisotopic (exact) mass is 338 g/mol. The summed E-state index contributed by atoms with van der Waals surface area (Å²) >= 11 is 0. The van der Waals surface area contributed by atoms with Crippen LogP contribution in [-0.4, -0.2) is 23.6 Å². The maximum absolute atomic E-state index is 12.8. The lowest BCUT2D eigenvalue weighted by Gasteiger charge is -2.11. The number of nitrogens with zero attached hydrogens (tertiary/aromatic N) is 1. The number of ether oxygens (including phenoxy) is 1. The second-order valence-electron chi connectivity index (χ2n) is 5.65. The molecule has 5 heteroatoms. The fraction of sp³-hybridized carbons (Fsp3) is 0.150. The van der Waals surface area contributed by atoms with Crippen molar-refractivity contribution in [2.45, 2.75) is 6.92 Å². The summed E-state index contributed by atoms with van der Waals surface area (Å²) in [5.41, 5.74) is 2.66. The molecule has 2 aromatic carbocycles. The van der Waals surface area contributed by atoms with Crippen LogP contribution in [0.25, 0.3) is 5.69 Å².